The largest absolute Gasteiger partial charge is 0.478 e. The highest BCUT2D eigenvalue weighted by Gasteiger charge is 2.53. The van der Waals surface area contributed by atoms with Crippen LogP contribution in [0, 0.1) is 17.3 Å². The fourth-order valence-corrected chi connectivity index (χ4v) is 3.92. The number of carbonyl (C=O) groups is 2. The van der Waals surface area contributed by atoms with Crippen LogP contribution in [0.5, 0.6) is 0 Å². The summed E-state index contributed by atoms with van der Waals surface area (Å²) in [6, 6.07) is 0. The molecule has 0 bridgehead atoms. The number of hydrogen-bond donors (Lipinski definition) is 1. The molecule has 0 radical (unpaired) electrons. The second kappa shape index (κ2) is 5.66. The van der Waals surface area contributed by atoms with Gasteiger partial charge < -0.3 is 9.84 Å². The zero-order valence-corrected chi connectivity index (χ0v) is 13.0. The van der Waals surface area contributed by atoms with Crippen LogP contribution < -0.4 is 0 Å². The fraction of sp³-hybridized carbons (Fsp3) is 0.647. The maximum absolute atomic E-state index is 11.4. The Morgan fingerprint density at radius 3 is 2.62 bits per heavy atom. The van der Waals surface area contributed by atoms with Gasteiger partial charge in [0.2, 0.25) is 0 Å². The number of esters is 1. The standard InChI is InChI=1S/C17H24O4/c1-10-6-5-7-12(16(19)20)8-14(21-11(2)18)15-13(10)9-17(15,3)4/h7,13-15H,1,5-6,8-9H2,2-4H3,(H,19,20). The monoisotopic (exact) mass is 292 g/mol. The number of carboxylic acids is 1. The van der Waals surface area contributed by atoms with Crippen molar-refractivity contribution < 1.29 is 19.4 Å². The number of aliphatic carboxylic acids is 1. The number of fused-ring (bicyclic) bond motifs is 1. The molecule has 1 fully saturated rings. The molecule has 0 heterocycles. The normalized spacial score (nSPS) is 31.7. The van der Waals surface area contributed by atoms with E-state index in [1.165, 1.54) is 6.92 Å². The van der Waals surface area contributed by atoms with Crippen LogP contribution >= 0.6 is 0 Å². The summed E-state index contributed by atoms with van der Waals surface area (Å²) in [6.45, 7) is 9.86. The second-order valence-electron chi connectivity index (χ2n) is 6.91. The lowest BCUT2D eigenvalue weighted by Gasteiger charge is -2.55. The Balaban J connectivity index is 2.34. The summed E-state index contributed by atoms with van der Waals surface area (Å²) < 4.78 is 5.50. The Morgan fingerprint density at radius 2 is 2.10 bits per heavy atom. The molecule has 0 amide bonds. The van der Waals surface area contributed by atoms with Gasteiger partial charge in [0.1, 0.15) is 6.10 Å². The van der Waals surface area contributed by atoms with Gasteiger partial charge >= 0.3 is 11.9 Å². The number of carboxylic acid groups (broad SMARTS) is 1. The molecule has 0 aromatic carbocycles. The lowest BCUT2D eigenvalue weighted by molar-refractivity contribution is -0.162. The molecule has 4 heteroatoms. The zero-order chi connectivity index (χ0) is 15.8. The first-order valence-corrected chi connectivity index (χ1v) is 7.49. The zero-order valence-electron chi connectivity index (χ0n) is 13.0. The van der Waals surface area contributed by atoms with Gasteiger partial charge in [-0.25, -0.2) is 4.79 Å². The first-order chi connectivity index (χ1) is 9.72. The molecule has 0 saturated heterocycles. The third-order valence-corrected chi connectivity index (χ3v) is 4.88. The average Bonchev–Trinajstić information content (AvgIpc) is 2.37. The highest BCUT2D eigenvalue weighted by atomic mass is 16.5. The van der Waals surface area contributed by atoms with Gasteiger partial charge in [-0.15, -0.1) is 0 Å². The minimum absolute atomic E-state index is 0.0433. The van der Waals surface area contributed by atoms with Crippen LogP contribution in [0.2, 0.25) is 0 Å². The third kappa shape index (κ3) is 3.20. The first kappa shape index (κ1) is 15.8. The van der Waals surface area contributed by atoms with Gasteiger partial charge in [-0.1, -0.05) is 32.1 Å². The van der Waals surface area contributed by atoms with Crippen molar-refractivity contribution in [1.82, 2.24) is 0 Å². The molecule has 1 saturated carbocycles. The summed E-state index contributed by atoms with van der Waals surface area (Å²) in [5.41, 5.74) is 1.54. The van der Waals surface area contributed by atoms with Crippen LogP contribution in [0.25, 0.3) is 0 Å². The molecule has 0 spiro atoms. The van der Waals surface area contributed by atoms with Crippen LogP contribution in [0.15, 0.2) is 23.8 Å². The Bertz CT molecular complexity index is 501. The summed E-state index contributed by atoms with van der Waals surface area (Å²) in [4.78, 5) is 22.8. The van der Waals surface area contributed by atoms with E-state index in [0.29, 0.717) is 17.9 Å². The van der Waals surface area contributed by atoms with E-state index in [0.717, 1.165) is 18.4 Å². The van der Waals surface area contributed by atoms with Crippen molar-refractivity contribution in [2.45, 2.75) is 52.6 Å². The van der Waals surface area contributed by atoms with Gasteiger partial charge in [0.25, 0.3) is 0 Å². The number of allylic oxidation sites excluding steroid dienone is 2. The molecule has 3 unspecified atom stereocenters. The molecular formula is C17H24O4. The predicted molar refractivity (Wildman–Crippen MR) is 79.6 cm³/mol. The van der Waals surface area contributed by atoms with E-state index < -0.39 is 5.97 Å². The molecule has 21 heavy (non-hydrogen) atoms. The Morgan fingerprint density at radius 1 is 1.43 bits per heavy atom. The first-order valence-electron chi connectivity index (χ1n) is 7.49. The van der Waals surface area contributed by atoms with Crippen LogP contribution in [0.3, 0.4) is 0 Å². The molecule has 2 rings (SSSR count). The van der Waals surface area contributed by atoms with Crippen molar-refractivity contribution in [1.29, 1.82) is 0 Å². The Labute approximate surface area is 125 Å². The fourth-order valence-electron chi connectivity index (χ4n) is 3.92. The minimum Gasteiger partial charge on any atom is -0.478 e. The van der Waals surface area contributed by atoms with Gasteiger partial charge in [-0.3, -0.25) is 4.79 Å². The Hall–Kier alpha value is -1.58. The molecular weight excluding hydrogens is 268 g/mol. The summed E-state index contributed by atoms with van der Waals surface area (Å²) in [5, 5.41) is 9.33. The number of ether oxygens (including phenoxy) is 1. The van der Waals surface area contributed by atoms with E-state index in [-0.39, 0.29) is 29.8 Å². The molecule has 2 aliphatic carbocycles. The summed E-state index contributed by atoms with van der Waals surface area (Å²) >= 11 is 0. The molecule has 0 aliphatic heterocycles. The van der Waals surface area contributed by atoms with Crippen LogP contribution in [-0.2, 0) is 14.3 Å². The van der Waals surface area contributed by atoms with Crippen molar-refractivity contribution in [3.05, 3.63) is 23.8 Å². The van der Waals surface area contributed by atoms with Crippen LogP contribution in [0.4, 0.5) is 0 Å². The maximum Gasteiger partial charge on any atom is 0.331 e. The van der Waals surface area contributed by atoms with Crippen LogP contribution in [-0.4, -0.2) is 23.1 Å². The molecule has 0 aromatic heterocycles. The number of rotatable bonds is 2. The number of carbonyl (C=O) groups excluding carboxylic acids is 1. The minimum atomic E-state index is -0.923. The van der Waals surface area contributed by atoms with Crippen molar-refractivity contribution in [3.63, 3.8) is 0 Å². The summed E-state index contributed by atoms with van der Waals surface area (Å²) in [7, 11) is 0. The van der Waals surface area contributed by atoms with E-state index in [1.54, 1.807) is 6.08 Å². The van der Waals surface area contributed by atoms with E-state index in [1.807, 2.05) is 0 Å². The third-order valence-electron chi connectivity index (χ3n) is 4.88. The molecule has 1 N–H and O–H groups in total. The van der Waals surface area contributed by atoms with Crippen molar-refractivity contribution in [2.75, 3.05) is 0 Å². The predicted octanol–water partition coefficient (Wildman–Crippen LogP) is 3.33. The lowest BCUT2D eigenvalue weighted by Crippen LogP contribution is -2.52. The quantitative estimate of drug-likeness (QED) is 0.626. The smallest absolute Gasteiger partial charge is 0.331 e. The van der Waals surface area contributed by atoms with Gasteiger partial charge in [-0.05, 0) is 30.6 Å². The second-order valence-corrected chi connectivity index (χ2v) is 6.91. The maximum atomic E-state index is 11.4. The highest BCUT2D eigenvalue weighted by Crippen LogP contribution is 2.57. The van der Waals surface area contributed by atoms with Gasteiger partial charge in [0.05, 0.1) is 0 Å². The summed E-state index contributed by atoms with van der Waals surface area (Å²) in [5.74, 6) is -0.801. The lowest BCUT2D eigenvalue weighted by atomic mass is 9.51. The number of hydrogen-bond acceptors (Lipinski definition) is 3. The average molecular weight is 292 g/mol. The van der Waals surface area contributed by atoms with Crippen molar-refractivity contribution in [3.8, 4) is 0 Å². The molecule has 2 aliphatic rings. The van der Waals surface area contributed by atoms with E-state index in [9.17, 15) is 14.7 Å². The van der Waals surface area contributed by atoms with Crippen molar-refractivity contribution in [2.24, 2.45) is 17.3 Å². The molecule has 4 nitrogen and oxygen atoms in total. The van der Waals surface area contributed by atoms with E-state index >= 15 is 0 Å². The van der Waals surface area contributed by atoms with Gasteiger partial charge in [0.15, 0.2) is 0 Å². The highest BCUT2D eigenvalue weighted by molar-refractivity contribution is 5.86. The topological polar surface area (TPSA) is 63.6 Å². The molecule has 116 valence electrons. The molecule has 0 aromatic rings. The van der Waals surface area contributed by atoms with E-state index in [4.69, 9.17) is 4.74 Å². The van der Waals surface area contributed by atoms with E-state index in [2.05, 4.69) is 20.4 Å². The summed E-state index contributed by atoms with van der Waals surface area (Å²) in [6.07, 6.45) is 4.18. The SMILES string of the molecule is C=C1CCC=C(C(=O)O)CC(OC(C)=O)C2C1CC2(C)C. The van der Waals surface area contributed by atoms with Gasteiger partial charge in [0, 0.05) is 24.8 Å². The van der Waals surface area contributed by atoms with Crippen molar-refractivity contribution >= 4 is 11.9 Å². The molecule has 3 atom stereocenters. The Kier molecular flexibility index (Phi) is 4.26. The van der Waals surface area contributed by atoms with Gasteiger partial charge in [-0.2, -0.15) is 0 Å². The van der Waals surface area contributed by atoms with Crippen LogP contribution in [0.1, 0.15) is 46.5 Å².